The molecule has 1 aromatic rings. The lowest BCUT2D eigenvalue weighted by atomic mass is 9.42. The van der Waals surface area contributed by atoms with Gasteiger partial charge in [0.2, 0.25) is 0 Å². The molecule has 1 aromatic carbocycles. The molecule has 0 heterocycles. The van der Waals surface area contributed by atoms with Gasteiger partial charge in [0.25, 0.3) is 0 Å². The van der Waals surface area contributed by atoms with Crippen molar-refractivity contribution in [1.82, 2.24) is 0 Å². The maximum absolute atomic E-state index is 11.2. The first kappa shape index (κ1) is 27.5. The molecule has 2 heteroatoms. The van der Waals surface area contributed by atoms with Crippen LogP contribution in [-0.2, 0) is 6.42 Å². The van der Waals surface area contributed by atoms with Gasteiger partial charge in [-0.25, -0.2) is 0 Å². The van der Waals surface area contributed by atoms with Gasteiger partial charge in [-0.2, -0.15) is 0 Å². The minimum Gasteiger partial charge on any atom is -0.497 e. The number of hydrogen-bond donors (Lipinski definition) is 1. The third-order valence-electron chi connectivity index (χ3n) is 12.8. The molecule has 4 aliphatic carbocycles. The highest BCUT2D eigenvalue weighted by Crippen LogP contribution is 2.69. The predicted octanol–water partition coefficient (Wildman–Crippen LogP) is 8.95. The van der Waals surface area contributed by atoms with E-state index in [1.807, 2.05) is 0 Å². The van der Waals surface area contributed by atoms with Crippen LogP contribution in [-0.4, -0.2) is 18.3 Å². The molecule has 1 N–H and O–H groups in total. The molecule has 5 rings (SSSR count). The fourth-order valence-electron chi connectivity index (χ4n) is 10.8. The van der Waals surface area contributed by atoms with Crippen molar-refractivity contribution in [2.75, 3.05) is 7.11 Å². The van der Waals surface area contributed by atoms with E-state index in [1.54, 1.807) is 7.11 Å². The average Bonchev–Trinajstić information content (AvgIpc) is 3.23. The van der Waals surface area contributed by atoms with Crippen LogP contribution in [0.2, 0.25) is 0 Å². The van der Waals surface area contributed by atoms with E-state index >= 15 is 0 Å². The fourth-order valence-corrected chi connectivity index (χ4v) is 10.8. The Morgan fingerprint density at radius 2 is 1.51 bits per heavy atom. The van der Waals surface area contributed by atoms with Crippen LogP contribution >= 0.6 is 0 Å². The van der Waals surface area contributed by atoms with Crippen LogP contribution in [0, 0.1) is 58.2 Å². The Hall–Kier alpha value is -1.02. The summed E-state index contributed by atoms with van der Waals surface area (Å²) in [6.07, 6.45) is 15.9. The van der Waals surface area contributed by atoms with Gasteiger partial charge in [-0.05, 0) is 134 Å². The number of hydrogen-bond acceptors (Lipinski definition) is 2. The second-order valence-corrected chi connectivity index (χ2v) is 14.9. The zero-order valence-corrected chi connectivity index (χ0v) is 24.8. The van der Waals surface area contributed by atoms with Gasteiger partial charge in [0.15, 0.2) is 0 Å². The third kappa shape index (κ3) is 5.03. The lowest BCUT2D eigenvalue weighted by molar-refractivity contribution is -0.152. The van der Waals surface area contributed by atoms with Gasteiger partial charge in [-0.15, -0.1) is 0 Å². The SMILES string of the molecule is COc1ccc(C[C@H]2C3CC[C@H]4[C@@H]5CC[C@H]([C@H](C)CCCC(C)C)[C@@]5(C)CC[C@@H]4[C@@]3(C)CC[C@H]2O)cc1. The number of aliphatic hydroxyl groups is 1. The monoisotopic (exact) mass is 508 g/mol. The van der Waals surface area contributed by atoms with E-state index in [0.717, 1.165) is 54.1 Å². The van der Waals surface area contributed by atoms with Gasteiger partial charge < -0.3 is 9.84 Å². The van der Waals surface area contributed by atoms with Crippen LogP contribution < -0.4 is 4.74 Å². The molecule has 0 spiro atoms. The maximum Gasteiger partial charge on any atom is 0.118 e. The van der Waals surface area contributed by atoms with Crippen molar-refractivity contribution in [3.8, 4) is 5.75 Å². The van der Waals surface area contributed by atoms with Crippen LogP contribution in [0.25, 0.3) is 0 Å². The topological polar surface area (TPSA) is 29.5 Å². The summed E-state index contributed by atoms with van der Waals surface area (Å²) in [7, 11) is 1.74. The average molecular weight is 509 g/mol. The molecule has 0 amide bonds. The molecule has 37 heavy (non-hydrogen) atoms. The molecule has 2 nitrogen and oxygen atoms in total. The van der Waals surface area contributed by atoms with Crippen molar-refractivity contribution in [1.29, 1.82) is 0 Å². The Morgan fingerprint density at radius 1 is 0.838 bits per heavy atom. The van der Waals surface area contributed by atoms with Crippen molar-refractivity contribution in [3.63, 3.8) is 0 Å². The highest BCUT2D eigenvalue weighted by Gasteiger charge is 2.61. The number of fused-ring (bicyclic) bond motifs is 5. The van der Waals surface area contributed by atoms with Gasteiger partial charge >= 0.3 is 0 Å². The van der Waals surface area contributed by atoms with E-state index in [4.69, 9.17) is 4.74 Å². The lowest BCUT2D eigenvalue weighted by Gasteiger charge is -2.63. The van der Waals surface area contributed by atoms with E-state index in [0.29, 0.717) is 22.7 Å². The zero-order chi connectivity index (χ0) is 26.4. The summed E-state index contributed by atoms with van der Waals surface area (Å²) in [5.74, 6) is 7.38. The van der Waals surface area contributed by atoms with Crippen LogP contribution in [0.1, 0.15) is 111 Å². The quantitative estimate of drug-likeness (QED) is 0.380. The van der Waals surface area contributed by atoms with Gasteiger partial charge in [-0.1, -0.05) is 66.0 Å². The van der Waals surface area contributed by atoms with Crippen LogP contribution in [0.15, 0.2) is 24.3 Å². The molecule has 0 bridgehead atoms. The first-order valence-corrected chi connectivity index (χ1v) is 16.0. The molecule has 10 atom stereocenters. The molecule has 0 aromatic heterocycles. The summed E-state index contributed by atoms with van der Waals surface area (Å²) in [6.45, 7) is 12.7. The van der Waals surface area contributed by atoms with Crippen LogP contribution in [0.4, 0.5) is 0 Å². The van der Waals surface area contributed by atoms with Gasteiger partial charge in [-0.3, -0.25) is 0 Å². The van der Waals surface area contributed by atoms with E-state index in [9.17, 15) is 5.11 Å². The Labute approximate surface area is 228 Å². The van der Waals surface area contributed by atoms with E-state index in [2.05, 4.69) is 58.9 Å². The van der Waals surface area contributed by atoms with Crippen molar-refractivity contribution < 1.29 is 9.84 Å². The third-order valence-corrected chi connectivity index (χ3v) is 12.8. The van der Waals surface area contributed by atoms with Gasteiger partial charge in [0.1, 0.15) is 5.75 Å². The van der Waals surface area contributed by atoms with E-state index in [-0.39, 0.29) is 6.10 Å². The number of ether oxygens (including phenoxy) is 1. The fraction of sp³-hybridized carbons (Fsp3) is 0.829. The molecule has 0 saturated heterocycles. The van der Waals surface area contributed by atoms with Crippen LogP contribution in [0.3, 0.4) is 0 Å². The number of methoxy groups -OCH3 is 1. The molecular formula is C35H56O2. The van der Waals surface area contributed by atoms with E-state index < -0.39 is 0 Å². The van der Waals surface area contributed by atoms with Crippen molar-refractivity contribution in [3.05, 3.63) is 29.8 Å². The molecule has 4 saturated carbocycles. The smallest absolute Gasteiger partial charge is 0.118 e. The second kappa shape index (κ2) is 10.9. The molecule has 1 unspecified atom stereocenters. The first-order chi connectivity index (χ1) is 17.7. The first-order valence-electron chi connectivity index (χ1n) is 16.0. The molecule has 4 fully saturated rings. The minimum atomic E-state index is -0.145. The largest absolute Gasteiger partial charge is 0.497 e. The highest BCUT2D eigenvalue weighted by atomic mass is 16.5. The zero-order valence-electron chi connectivity index (χ0n) is 24.8. The van der Waals surface area contributed by atoms with Gasteiger partial charge in [0, 0.05) is 0 Å². The highest BCUT2D eigenvalue weighted by molar-refractivity contribution is 5.28. The normalized spacial score (nSPS) is 42.1. The van der Waals surface area contributed by atoms with Crippen molar-refractivity contribution in [2.24, 2.45) is 58.2 Å². The summed E-state index contributed by atoms with van der Waals surface area (Å²) < 4.78 is 5.39. The number of aliphatic hydroxyl groups excluding tert-OH is 1. The predicted molar refractivity (Wildman–Crippen MR) is 155 cm³/mol. The summed E-state index contributed by atoms with van der Waals surface area (Å²) in [5.41, 5.74) is 2.33. The van der Waals surface area contributed by atoms with Crippen LogP contribution in [0.5, 0.6) is 5.75 Å². The Bertz CT molecular complexity index is 891. The molecule has 0 aliphatic heterocycles. The Kier molecular flexibility index (Phi) is 8.09. The Morgan fingerprint density at radius 3 is 2.22 bits per heavy atom. The number of rotatable bonds is 8. The molecule has 208 valence electrons. The standard InChI is InChI=1S/C35H56O2/c1-23(2)8-7-9-24(3)29-16-17-30-27-14-15-31-28(22-25-10-12-26(37-6)13-11-25)33(36)19-21-35(31,5)32(27)18-20-34(29,30)4/h10-13,23-24,27-33,36H,7-9,14-22H2,1-6H3/t24-,27+,28+,29-,30+,31?,32+,33-,34-,35+/m1/s1. The molecule has 4 aliphatic rings. The van der Waals surface area contributed by atoms with Crippen molar-refractivity contribution in [2.45, 2.75) is 118 Å². The molecular weight excluding hydrogens is 452 g/mol. The van der Waals surface area contributed by atoms with Gasteiger partial charge in [0.05, 0.1) is 13.2 Å². The lowest BCUT2D eigenvalue weighted by Crippen LogP contribution is -2.57. The molecule has 0 radical (unpaired) electrons. The summed E-state index contributed by atoms with van der Waals surface area (Å²) in [5, 5.41) is 11.2. The summed E-state index contributed by atoms with van der Waals surface area (Å²) in [4.78, 5) is 0. The van der Waals surface area contributed by atoms with Crippen molar-refractivity contribution >= 4 is 0 Å². The minimum absolute atomic E-state index is 0.145. The summed E-state index contributed by atoms with van der Waals surface area (Å²) in [6, 6.07) is 8.61. The Balaban J connectivity index is 1.30. The second-order valence-electron chi connectivity index (χ2n) is 14.9. The maximum atomic E-state index is 11.2. The van der Waals surface area contributed by atoms with E-state index in [1.165, 1.54) is 69.8 Å². The summed E-state index contributed by atoms with van der Waals surface area (Å²) >= 11 is 0. The number of benzene rings is 1.